The average Bonchev–Trinajstić information content (AvgIpc) is 2.96. The first kappa shape index (κ1) is 29.0. The van der Waals surface area contributed by atoms with E-state index in [-0.39, 0.29) is 5.57 Å². The zero-order valence-electron chi connectivity index (χ0n) is 21.9. The van der Waals surface area contributed by atoms with Gasteiger partial charge in [0.1, 0.15) is 30.6 Å². The van der Waals surface area contributed by atoms with Gasteiger partial charge in [-0.15, -0.1) is 0 Å². The number of nitriles is 1. The van der Waals surface area contributed by atoms with Gasteiger partial charge >= 0.3 is 0 Å². The Morgan fingerprint density at radius 2 is 1.57 bits per heavy atom. The van der Waals surface area contributed by atoms with Crippen LogP contribution < -0.4 is 19.5 Å². The maximum absolute atomic E-state index is 12.9. The van der Waals surface area contributed by atoms with Crippen molar-refractivity contribution in [2.24, 2.45) is 0 Å². The Morgan fingerprint density at radius 3 is 2.20 bits per heavy atom. The maximum atomic E-state index is 12.9. The fourth-order valence-corrected chi connectivity index (χ4v) is 4.61. The third-order valence-corrected chi connectivity index (χ3v) is 6.92. The Balaban J connectivity index is 1.41. The third-order valence-electron chi connectivity index (χ3n) is 5.86. The molecule has 1 N–H and O–H groups in total. The van der Waals surface area contributed by atoms with Crippen molar-refractivity contribution in [2.45, 2.75) is 20.1 Å². The van der Waals surface area contributed by atoms with E-state index in [1.165, 1.54) is 11.6 Å². The molecular formula is C32H26ClIN2O4. The molecule has 0 aliphatic carbocycles. The van der Waals surface area contributed by atoms with Crippen molar-refractivity contribution >= 4 is 51.9 Å². The molecule has 6 nitrogen and oxygen atoms in total. The standard InChI is InChI=1S/C32H26ClIN2O4/c1-21-3-5-22(6-4-21)19-39-28-13-11-27(12-14-28)36-32(37)25(18-35)15-24-16-29(34)31(30(17-24)38-2)40-20-23-7-9-26(33)10-8-23/h3-17H,19-20H2,1-2H3,(H,36,37)/b25-15+. The van der Waals surface area contributed by atoms with Crippen molar-refractivity contribution in [2.75, 3.05) is 12.4 Å². The van der Waals surface area contributed by atoms with Gasteiger partial charge in [0, 0.05) is 10.7 Å². The van der Waals surface area contributed by atoms with Crippen LogP contribution in [-0.4, -0.2) is 13.0 Å². The van der Waals surface area contributed by atoms with E-state index in [2.05, 4.69) is 27.9 Å². The lowest BCUT2D eigenvalue weighted by atomic mass is 10.1. The highest BCUT2D eigenvalue weighted by Crippen LogP contribution is 2.35. The van der Waals surface area contributed by atoms with Crippen LogP contribution >= 0.6 is 34.2 Å². The molecule has 0 bridgehead atoms. The van der Waals surface area contributed by atoms with Crippen molar-refractivity contribution in [1.82, 2.24) is 0 Å². The minimum Gasteiger partial charge on any atom is -0.493 e. The van der Waals surface area contributed by atoms with E-state index in [1.54, 1.807) is 49.6 Å². The van der Waals surface area contributed by atoms with Crippen LogP contribution in [0.5, 0.6) is 17.2 Å². The molecule has 0 aliphatic rings. The van der Waals surface area contributed by atoms with E-state index in [1.807, 2.05) is 55.5 Å². The Hall–Kier alpha value is -4.00. The number of anilines is 1. The summed E-state index contributed by atoms with van der Waals surface area (Å²) in [5.74, 6) is 1.22. The highest BCUT2D eigenvalue weighted by molar-refractivity contribution is 14.1. The normalized spacial score (nSPS) is 10.9. The summed E-state index contributed by atoms with van der Waals surface area (Å²) in [4.78, 5) is 12.9. The van der Waals surface area contributed by atoms with Crippen LogP contribution in [-0.2, 0) is 18.0 Å². The van der Waals surface area contributed by atoms with E-state index in [0.717, 1.165) is 14.7 Å². The largest absolute Gasteiger partial charge is 0.493 e. The summed E-state index contributed by atoms with van der Waals surface area (Å²) < 4.78 is 18.1. The molecule has 0 saturated heterocycles. The molecule has 4 rings (SSSR count). The highest BCUT2D eigenvalue weighted by atomic mass is 127. The predicted octanol–water partition coefficient (Wildman–Crippen LogP) is 7.97. The number of carbonyl (C=O) groups excluding carboxylic acids is 1. The highest BCUT2D eigenvalue weighted by Gasteiger charge is 2.14. The number of carbonyl (C=O) groups is 1. The summed E-state index contributed by atoms with van der Waals surface area (Å²) in [5, 5.41) is 13.1. The number of methoxy groups -OCH3 is 1. The van der Waals surface area contributed by atoms with Crippen LogP contribution in [0.4, 0.5) is 5.69 Å². The number of benzene rings is 4. The van der Waals surface area contributed by atoms with Gasteiger partial charge in [0.25, 0.3) is 5.91 Å². The molecule has 0 fully saturated rings. The second-order valence-electron chi connectivity index (χ2n) is 8.87. The van der Waals surface area contributed by atoms with Crippen molar-refractivity contribution in [3.63, 3.8) is 0 Å². The smallest absolute Gasteiger partial charge is 0.266 e. The van der Waals surface area contributed by atoms with Crippen LogP contribution in [0, 0.1) is 21.8 Å². The molecule has 0 saturated carbocycles. The Morgan fingerprint density at radius 1 is 0.950 bits per heavy atom. The first-order valence-electron chi connectivity index (χ1n) is 12.3. The van der Waals surface area contributed by atoms with Crippen LogP contribution in [0.15, 0.2) is 90.5 Å². The summed E-state index contributed by atoms with van der Waals surface area (Å²) >= 11 is 8.10. The Kier molecular flexibility index (Phi) is 10.1. The molecule has 0 aromatic heterocycles. The molecule has 1 amide bonds. The van der Waals surface area contributed by atoms with Crippen LogP contribution in [0.25, 0.3) is 6.08 Å². The van der Waals surface area contributed by atoms with Gasteiger partial charge in [0.05, 0.1) is 10.7 Å². The van der Waals surface area contributed by atoms with E-state index in [9.17, 15) is 10.1 Å². The summed E-state index contributed by atoms with van der Waals surface area (Å²) in [5.41, 5.74) is 4.35. The zero-order chi connectivity index (χ0) is 28.5. The number of amides is 1. The number of ether oxygens (including phenoxy) is 3. The van der Waals surface area contributed by atoms with Gasteiger partial charge in [-0.25, -0.2) is 0 Å². The van der Waals surface area contributed by atoms with Crippen molar-refractivity contribution in [3.05, 3.63) is 121 Å². The fraction of sp³-hybridized carbons (Fsp3) is 0.125. The van der Waals surface area contributed by atoms with Gasteiger partial charge in [-0.2, -0.15) is 5.26 Å². The molecule has 0 atom stereocenters. The molecule has 202 valence electrons. The SMILES string of the molecule is COc1cc(/C=C(\C#N)C(=O)Nc2ccc(OCc3ccc(C)cc3)cc2)cc(I)c1OCc1ccc(Cl)cc1. The number of halogens is 2. The number of nitrogens with zero attached hydrogens (tertiary/aromatic N) is 1. The molecular weight excluding hydrogens is 639 g/mol. The summed E-state index contributed by atoms with van der Waals surface area (Å²) in [6, 6.07) is 28.1. The van der Waals surface area contributed by atoms with E-state index >= 15 is 0 Å². The minimum absolute atomic E-state index is 0.0487. The average molecular weight is 665 g/mol. The van der Waals surface area contributed by atoms with E-state index in [0.29, 0.717) is 46.7 Å². The van der Waals surface area contributed by atoms with Gasteiger partial charge in [-0.05, 0) is 101 Å². The van der Waals surface area contributed by atoms with Gasteiger partial charge in [0.15, 0.2) is 11.5 Å². The maximum Gasteiger partial charge on any atom is 0.266 e. The summed E-state index contributed by atoms with van der Waals surface area (Å²) in [7, 11) is 1.54. The number of rotatable bonds is 10. The molecule has 0 unspecified atom stereocenters. The second kappa shape index (κ2) is 13.9. The third kappa shape index (κ3) is 8.01. The molecule has 0 heterocycles. The molecule has 40 heavy (non-hydrogen) atoms. The Bertz CT molecular complexity index is 1540. The fourth-order valence-electron chi connectivity index (χ4n) is 3.70. The summed E-state index contributed by atoms with van der Waals surface area (Å²) in [6.07, 6.45) is 1.52. The second-order valence-corrected chi connectivity index (χ2v) is 10.5. The van der Waals surface area contributed by atoms with E-state index < -0.39 is 5.91 Å². The predicted molar refractivity (Wildman–Crippen MR) is 166 cm³/mol. The van der Waals surface area contributed by atoms with Crippen LogP contribution in [0.3, 0.4) is 0 Å². The van der Waals surface area contributed by atoms with Crippen molar-refractivity contribution in [3.8, 4) is 23.3 Å². The topological polar surface area (TPSA) is 80.6 Å². The lowest BCUT2D eigenvalue weighted by Crippen LogP contribution is -2.13. The van der Waals surface area contributed by atoms with Gasteiger partial charge in [-0.3, -0.25) is 4.79 Å². The monoisotopic (exact) mass is 664 g/mol. The number of aryl methyl sites for hydroxylation is 1. The first-order valence-corrected chi connectivity index (χ1v) is 13.8. The lowest BCUT2D eigenvalue weighted by Gasteiger charge is -2.14. The van der Waals surface area contributed by atoms with Gasteiger partial charge in [0.2, 0.25) is 0 Å². The summed E-state index contributed by atoms with van der Waals surface area (Å²) in [6.45, 7) is 2.82. The van der Waals surface area contributed by atoms with Gasteiger partial charge < -0.3 is 19.5 Å². The molecule has 0 radical (unpaired) electrons. The van der Waals surface area contributed by atoms with Crippen molar-refractivity contribution < 1.29 is 19.0 Å². The minimum atomic E-state index is -0.520. The molecule has 0 spiro atoms. The molecule has 0 aliphatic heterocycles. The lowest BCUT2D eigenvalue weighted by molar-refractivity contribution is -0.112. The van der Waals surface area contributed by atoms with Gasteiger partial charge in [-0.1, -0.05) is 53.6 Å². The number of hydrogen-bond donors (Lipinski definition) is 1. The number of nitrogens with one attached hydrogen (secondary N) is 1. The zero-order valence-corrected chi connectivity index (χ0v) is 24.8. The number of hydrogen-bond acceptors (Lipinski definition) is 5. The quantitative estimate of drug-likeness (QED) is 0.106. The van der Waals surface area contributed by atoms with Crippen molar-refractivity contribution in [1.29, 1.82) is 5.26 Å². The Labute approximate surface area is 252 Å². The first-order chi connectivity index (χ1) is 19.3. The molecule has 4 aromatic carbocycles. The van der Waals surface area contributed by atoms with E-state index in [4.69, 9.17) is 25.8 Å². The van der Waals surface area contributed by atoms with Crippen LogP contribution in [0.1, 0.15) is 22.3 Å². The van der Waals surface area contributed by atoms with Crippen LogP contribution in [0.2, 0.25) is 5.02 Å². The molecule has 4 aromatic rings. The molecule has 8 heteroatoms.